The molecule has 0 spiro atoms. The number of hydrogen-bond acceptors (Lipinski definition) is 4. The summed E-state index contributed by atoms with van der Waals surface area (Å²) < 4.78 is 32.0. The van der Waals surface area contributed by atoms with Gasteiger partial charge >= 0.3 is 0 Å². The number of halogens is 1. The van der Waals surface area contributed by atoms with Crippen LogP contribution in [0.1, 0.15) is 11.1 Å². The minimum absolute atomic E-state index is 0.0706. The van der Waals surface area contributed by atoms with Gasteiger partial charge < -0.3 is 10.1 Å². The summed E-state index contributed by atoms with van der Waals surface area (Å²) in [6.45, 7) is 1.75. The van der Waals surface area contributed by atoms with Crippen molar-refractivity contribution < 1.29 is 17.9 Å². The molecular weight excluding hydrogens is 376 g/mol. The van der Waals surface area contributed by atoms with Crippen molar-refractivity contribution in [3.05, 3.63) is 58.6 Å². The average molecular weight is 397 g/mol. The van der Waals surface area contributed by atoms with Crippen LogP contribution in [0.3, 0.4) is 0 Å². The molecule has 0 atom stereocenters. The summed E-state index contributed by atoms with van der Waals surface area (Å²) in [5, 5.41) is 3.17. The molecule has 0 aliphatic rings. The van der Waals surface area contributed by atoms with Crippen molar-refractivity contribution in [1.82, 2.24) is 10.0 Å². The summed E-state index contributed by atoms with van der Waals surface area (Å²) in [5.74, 6) is 0.342. The van der Waals surface area contributed by atoms with Crippen LogP contribution >= 0.6 is 11.6 Å². The van der Waals surface area contributed by atoms with Gasteiger partial charge in [-0.3, -0.25) is 4.79 Å². The first-order valence-corrected chi connectivity index (χ1v) is 9.84. The van der Waals surface area contributed by atoms with E-state index in [9.17, 15) is 13.2 Å². The fraction of sp³-hybridized carbons (Fsp3) is 0.278. The molecule has 26 heavy (non-hydrogen) atoms. The first-order valence-electron chi connectivity index (χ1n) is 7.98. The fourth-order valence-electron chi connectivity index (χ4n) is 2.34. The lowest BCUT2D eigenvalue weighted by Gasteiger charge is -2.10. The van der Waals surface area contributed by atoms with Crippen LogP contribution in [0.25, 0.3) is 0 Å². The van der Waals surface area contributed by atoms with E-state index in [1.165, 1.54) is 18.2 Å². The fourth-order valence-corrected chi connectivity index (χ4v) is 3.52. The number of nitrogens with one attached hydrogen (secondary N) is 2. The molecule has 8 heteroatoms. The van der Waals surface area contributed by atoms with Gasteiger partial charge in [-0.05, 0) is 48.7 Å². The highest BCUT2D eigenvalue weighted by Gasteiger charge is 2.16. The van der Waals surface area contributed by atoms with Crippen molar-refractivity contribution in [1.29, 1.82) is 0 Å². The molecule has 0 saturated carbocycles. The molecule has 0 radical (unpaired) electrons. The minimum atomic E-state index is -3.77. The molecule has 0 bridgehead atoms. The molecule has 6 nitrogen and oxygen atoms in total. The van der Waals surface area contributed by atoms with E-state index in [1.54, 1.807) is 14.0 Å². The van der Waals surface area contributed by atoms with Crippen LogP contribution < -0.4 is 14.8 Å². The summed E-state index contributed by atoms with van der Waals surface area (Å²) in [6.07, 6.45) is 0.582. The third-order valence-corrected chi connectivity index (χ3v) is 5.59. The summed E-state index contributed by atoms with van der Waals surface area (Å²) in [6, 6.07) is 11.9. The molecule has 2 N–H and O–H groups in total. The quantitative estimate of drug-likeness (QED) is 0.717. The molecule has 0 saturated heterocycles. The van der Waals surface area contributed by atoms with E-state index in [0.717, 1.165) is 11.3 Å². The molecule has 1 amide bonds. The van der Waals surface area contributed by atoms with Crippen LogP contribution in [-0.4, -0.2) is 34.5 Å². The van der Waals surface area contributed by atoms with E-state index in [4.69, 9.17) is 16.3 Å². The van der Waals surface area contributed by atoms with Crippen molar-refractivity contribution in [2.45, 2.75) is 18.2 Å². The Bertz CT molecular complexity index is 885. The third kappa shape index (κ3) is 5.45. The molecular formula is C18H21ClN2O4S. The van der Waals surface area contributed by atoms with Gasteiger partial charge in [0.1, 0.15) is 5.75 Å². The van der Waals surface area contributed by atoms with Gasteiger partial charge in [-0.1, -0.05) is 29.8 Å². The normalized spacial score (nSPS) is 11.2. The van der Waals surface area contributed by atoms with Crippen molar-refractivity contribution in [3.8, 4) is 5.75 Å². The van der Waals surface area contributed by atoms with Crippen molar-refractivity contribution in [3.63, 3.8) is 0 Å². The van der Waals surface area contributed by atoms with Gasteiger partial charge in [0, 0.05) is 11.6 Å². The molecule has 140 valence electrons. The minimum Gasteiger partial charge on any atom is -0.496 e. The van der Waals surface area contributed by atoms with Crippen molar-refractivity contribution in [2.24, 2.45) is 0 Å². The average Bonchev–Trinajstić information content (AvgIpc) is 2.62. The van der Waals surface area contributed by atoms with E-state index in [-0.39, 0.29) is 11.4 Å². The van der Waals surface area contributed by atoms with Gasteiger partial charge in [0.25, 0.3) is 0 Å². The van der Waals surface area contributed by atoms with E-state index in [0.29, 0.717) is 23.6 Å². The van der Waals surface area contributed by atoms with Crippen LogP contribution in [0.5, 0.6) is 5.75 Å². The second kappa shape index (κ2) is 9.02. The Morgan fingerprint density at radius 2 is 1.92 bits per heavy atom. The summed E-state index contributed by atoms with van der Waals surface area (Å²) in [4.78, 5) is 12.0. The summed E-state index contributed by atoms with van der Waals surface area (Å²) >= 11 is 5.90. The van der Waals surface area contributed by atoms with Gasteiger partial charge in [-0.15, -0.1) is 0 Å². The molecule has 2 rings (SSSR count). The number of rotatable bonds is 8. The highest BCUT2D eigenvalue weighted by molar-refractivity contribution is 7.89. The Hall–Kier alpha value is -2.09. The number of carbonyl (C=O) groups excluding carboxylic acids is 1. The predicted octanol–water partition coefficient (Wildman–Crippen LogP) is 2.29. The van der Waals surface area contributed by atoms with Gasteiger partial charge in [-0.25, -0.2) is 13.1 Å². The number of carbonyl (C=O) groups is 1. The topological polar surface area (TPSA) is 84.5 Å². The maximum Gasteiger partial charge on any atom is 0.241 e. The molecule has 2 aromatic carbocycles. The Labute approximate surface area is 158 Å². The highest BCUT2D eigenvalue weighted by Crippen LogP contribution is 2.19. The van der Waals surface area contributed by atoms with E-state index in [2.05, 4.69) is 10.0 Å². The summed E-state index contributed by atoms with van der Waals surface area (Å²) in [7, 11) is -2.18. The maximum absolute atomic E-state index is 12.2. The van der Waals surface area contributed by atoms with Crippen LogP contribution in [-0.2, 0) is 21.2 Å². The second-order valence-corrected chi connectivity index (χ2v) is 7.82. The molecule has 0 aliphatic carbocycles. The first kappa shape index (κ1) is 20.2. The van der Waals surface area contributed by atoms with Gasteiger partial charge in [-0.2, -0.15) is 0 Å². The van der Waals surface area contributed by atoms with Crippen molar-refractivity contribution >= 4 is 27.5 Å². The monoisotopic (exact) mass is 396 g/mol. The number of methoxy groups -OCH3 is 1. The lowest BCUT2D eigenvalue weighted by molar-refractivity contribution is -0.119. The van der Waals surface area contributed by atoms with Crippen LogP contribution in [0, 0.1) is 6.92 Å². The molecule has 0 heterocycles. The zero-order chi connectivity index (χ0) is 19.2. The largest absolute Gasteiger partial charge is 0.496 e. The Kier molecular flexibility index (Phi) is 7.02. The molecule has 0 unspecified atom stereocenters. The SMILES string of the molecule is COc1ccccc1CCNC(=O)CNS(=O)(=O)c1ccc(Cl)c(C)c1. The lowest BCUT2D eigenvalue weighted by atomic mass is 10.1. The Morgan fingerprint density at radius 1 is 1.19 bits per heavy atom. The number of para-hydroxylation sites is 1. The number of aryl methyl sites for hydroxylation is 1. The van der Waals surface area contributed by atoms with E-state index < -0.39 is 15.9 Å². The lowest BCUT2D eigenvalue weighted by Crippen LogP contribution is -2.37. The number of sulfonamides is 1. The standard InChI is InChI=1S/C18H21ClN2O4S/c1-13-11-15(7-8-16(13)19)26(23,24)21-12-18(22)20-10-9-14-5-3-4-6-17(14)25-2/h3-8,11,21H,9-10,12H2,1-2H3,(H,20,22). The highest BCUT2D eigenvalue weighted by atomic mass is 35.5. The summed E-state index contributed by atoms with van der Waals surface area (Å²) in [5.41, 5.74) is 1.61. The third-order valence-electron chi connectivity index (χ3n) is 3.77. The number of hydrogen-bond donors (Lipinski definition) is 2. The second-order valence-electron chi connectivity index (χ2n) is 5.65. The zero-order valence-corrected chi connectivity index (χ0v) is 16.2. The zero-order valence-electron chi connectivity index (χ0n) is 14.6. The molecule has 0 aliphatic heterocycles. The van der Waals surface area contributed by atoms with Gasteiger partial charge in [0.2, 0.25) is 15.9 Å². The predicted molar refractivity (Wildman–Crippen MR) is 101 cm³/mol. The maximum atomic E-state index is 12.2. The van der Waals surface area contributed by atoms with Crippen molar-refractivity contribution in [2.75, 3.05) is 20.2 Å². The number of ether oxygens (including phenoxy) is 1. The number of amides is 1. The first-order chi connectivity index (χ1) is 12.3. The Morgan fingerprint density at radius 3 is 2.62 bits per heavy atom. The van der Waals surface area contributed by atoms with Gasteiger partial charge in [0.05, 0.1) is 18.6 Å². The molecule has 0 aromatic heterocycles. The number of benzene rings is 2. The van der Waals surface area contributed by atoms with E-state index in [1.807, 2.05) is 24.3 Å². The smallest absolute Gasteiger partial charge is 0.241 e. The molecule has 0 fully saturated rings. The van der Waals surface area contributed by atoms with E-state index >= 15 is 0 Å². The Balaban J connectivity index is 1.85. The van der Waals surface area contributed by atoms with Crippen LogP contribution in [0.2, 0.25) is 5.02 Å². The van der Waals surface area contributed by atoms with Gasteiger partial charge in [0.15, 0.2) is 0 Å². The van der Waals surface area contributed by atoms with Crippen LogP contribution in [0.15, 0.2) is 47.4 Å². The van der Waals surface area contributed by atoms with Crippen LogP contribution in [0.4, 0.5) is 0 Å². The molecule has 2 aromatic rings.